The van der Waals surface area contributed by atoms with E-state index < -0.39 is 6.10 Å². The summed E-state index contributed by atoms with van der Waals surface area (Å²) in [5.41, 5.74) is 1.02. The third-order valence-corrected chi connectivity index (χ3v) is 2.24. The first kappa shape index (κ1) is 10.9. The third kappa shape index (κ3) is 2.20. The van der Waals surface area contributed by atoms with E-state index in [1.165, 1.54) is 0 Å². The number of aliphatic hydroxyl groups excluding tert-OH is 1. The number of aldehydes is 1. The summed E-state index contributed by atoms with van der Waals surface area (Å²) in [4.78, 5) is 10.7. The molecule has 14 heavy (non-hydrogen) atoms. The Labute approximate surface area is 84.6 Å². The zero-order valence-electron chi connectivity index (χ0n) is 8.82. The van der Waals surface area contributed by atoms with E-state index in [-0.39, 0.29) is 5.41 Å². The van der Waals surface area contributed by atoms with E-state index >= 15 is 0 Å². The molecule has 0 aliphatic heterocycles. The highest BCUT2D eigenvalue weighted by molar-refractivity contribution is 5.77. The Morgan fingerprint density at radius 1 is 1.29 bits per heavy atom. The largest absolute Gasteiger partial charge is 0.388 e. The molecule has 2 heteroatoms. The summed E-state index contributed by atoms with van der Waals surface area (Å²) in [5.74, 6) is 0. The molecule has 1 aromatic rings. The predicted molar refractivity (Wildman–Crippen MR) is 56.2 cm³/mol. The molecule has 0 fully saturated rings. The lowest BCUT2D eigenvalue weighted by Crippen LogP contribution is -2.19. The van der Waals surface area contributed by atoms with Crippen LogP contribution < -0.4 is 0 Å². The molecule has 76 valence electrons. The Morgan fingerprint density at radius 3 is 2.36 bits per heavy atom. The van der Waals surface area contributed by atoms with E-state index in [4.69, 9.17) is 0 Å². The fourth-order valence-electron chi connectivity index (χ4n) is 1.33. The molecule has 2 nitrogen and oxygen atoms in total. The van der Waals surface area contributed by atoms with Gasteiger partial charge in [0.05, 0.1) is 6.10 Å². The number of rotatable bonds is 2. The molecule has 1 atom stereocenters. The first-order valence-electron chi connectivity index (χ1n) is 4.69. The van der Waals surface area contributed by atoms with E-state index in [9.17, 15) is 9.90 Å². The first-order chi connectivity index (χ1) is 6.46. The Kier molecular flexibility index (Phi) is 3.06. The maximum atomic E-state index is 10.7. The van der Waals surface area contributed by atoms with Gasteiger partial charge in [-0.25, -0.2) is 0 Å². The molecule has 0 aliphatic rings. The number of benzene rings is 1. The van der Waals surface area contributed by atoms with Crippen LogP contribution in [0.5, 0.6) is 0 Å². The van der Waals surface area contributed by atoms with Crippen molar-refractivity contribution >= 4 is 6.29 Å². The summed E-state index contributed by atoms with van der Waals surface area (Å²) in [5, 5.41) is 10.0. The van der Waals surface area contributed by atoms with E-state index in [0.29, 0.717) is 11.1 Å². The van der Waals surface area contributed by atoms with Gasteiger partial charge in [-0.05, 0) is 11.0 Å². The highest BCUT2D eigenvalue weighted by atomic mass is 16.3. The lowest BCUT2D eigenvalue weighted by molar-refractivity contribution is 0.0617. The minimum atomic E-state index is -0.608. The molecule has 0 radical (unpaired) electrons. The van der Waals surface area contributed by atoms with Gasteiger partial charge >= 0.3 is 0 Å². The smallest absolute Gasteiger partial charge is 0.150 e. The highest BCUT2D eigenvalue weighted by Crippen LogP contribution is 2.33. The molecule has 0 bridgehead atoms. The maximum absolute atomic E-state index is 10.7. The molecular weight excluding hydrogens is 176 g/mol. The number of carbonyl (C=O) groups is 1. The summed E-state index contributed by atoms with van der Waals surface area (Å²) in [6.45, 7) is 5.83. The molecule has 1 aromatic carbocycles. The maximum Gasteiger partial charge on any atom is 0.150 e. The first-order valence-corrected chi connectivity index (χ1v) is 4.69. The average molecular weight is 192 g/mol. The van der Waals surface area contributed by atoms with Gasteiger partial charge in [0.2, 0.25) is 0 Å². The lowest BCUT2D eigenvalue weighted by Gasteiger charge is -2.26. The van der Waals surface area contributed by atoms with Crippen LogP contribution in [-0.2, 0) is 0 Å². The third-order valence-electron chi connectivity index (χ3n) is 2.24. The van der Waals surface area contributed by atoms with E-state index in [1.807, 2.05) is 26.8 Å². The van der Waals surface area contributed by atoms with E-state index in [0.717, 1.165) is 6.29 Å². The van der Waals surface area contributed by atoms with Gasteiger partial charge in [0, 0.05) is 5.56 Å². The molecule has 0 amide bonds. The number of hydrogen-bond donors (Lipinski definition) is 1. The normalized spacial score (nSPS) is 13.7. The molecule has 0 aromatic heterocycles. The summed E-state index contributed by atoms with van der Waals surface area (Å²) in [6, 6.07) is 7.14. The number of hydrogen-bond acceptors (Lipinski definition) is 2. The van der Waals surface area contributed by atoms with Crippen LogP contribution in [-0.4, -0.2) is 11.4 Å². The van der Waals surface area contributed by atoms with Crippen molar-refractivity contribution in [2.45, 2.75) is 26.9 Å². The lowest BCUT2D eigenvalue weighted by atomic mass is 9.83. The van der Waals surface area contributed by atoms with Gasteiger partial charge in [0.15, 0.2) is 0 Å². The van der Waals surface area contributed by atoms with Gasteiger partial charge in [0.25, 0.3) is 0 Å². The van der Waals surface area contributed by atoms with Crippen molar-refractivity contribution in [3.63, 3.8) is 0 Å². The quantitative estimate of drug-likeness (QED) is 0.731. The number of aliphatic hydroxyl groups is 1. The van der Waals surface area contributed by atoms with Gasteiger partial charge in [0.1, 0.15) is 6.29 Å². The van der Waals surface area contributed by atoms with E-state index in [1.54, 1.807) is 18.2 Å². The Hall–Kier alpha value is -1.15. The SMILES string of the molecule is CC(C)(C)C(O)c1ccccc1C=O. The zero-order chi connectivity index (χ0) is 10.8. The molecule has 0 saturated heterocycles. The summed E-state index contributed by atoms with van der Waals surface area (Å²) in [7, 11) is 0. The fourth-order valence-corrected chi connectivity index (χ4v) is 1.33. The van der Waals surface area contributed by atoms with E-state index in [2.05, 4.69) is 0 Å². The molecule has 1 unspecified atom stereocenters. The highest BCUT2D eigenvalue weighted by Gasteiger charge is 2.25. The van der Waals surface area contributed by atoms with Gasteiger partial charge in [-0.1, -0.05) is 45.0 Å². The van der Waals surface area contributed by atoms with Crippen LogP contribution in [0.25, 0.3) is 0 Å². The van der Waals surface area contributed by atoms with Crippen LogP contribution in [0.2, 0.25) is 0 Å². The summed E-state index contributed by atoms with van der Waals surface area (Å²) >= 11 is 0. The molecule has 0 saturated carbocycles. The second-order valence-electron chi connectivity index (χ2n) is 4.52. The van der Waals surface area contributed by atoms with Crippen molar-refractivity contribution in [1.29, 1.82) is 0 Å². The minimum Gasteiger partial charge on any atom is -0.388 e. The predicted octanol–water partition coefficient (Wildman–Crippen LogP) is 2.58. The van der Waals surface area contributed by atoms with Crippen LogP contribution in [0.1, 0.15) is 42.8 Å². The minimum absolute atomic E-state index is 0.251. The Morgan fingerprint density at radius 2 is 1.86 bits per heavy atom. The summed E-state index contributed by atoms with van der Waals surface area (Å²) < 4.78 is 0. The zero-order valence-corrected chi connectivity index (χ0v) is 8.82. The topological polar surface area (TPSA) is 37.3 Å². The van der Waals surface area contributed by atoms with Crippen molar-refractivity contribution in [3.05, 3.63) is 35.4 Å². The standard InChI is InChI=1S/C12H16O2/c1-12(2,3)11(14)10-7-5-4-6-9(10)8-13/h4-8,11,14H,1-3H3. The second kappa shape index (κ2) is 3.93. The van der Waals surface area contributed by atoms with Gasteiger partial charge in [-0.2, -0.15) is 0 Å². The average Bonchev–Trinajstić information content (AvgIpc) is 2.15. The van der Waals surface area contributed by atoms with Crippen molar-refractivity contribution in [1.82, 2.24) is 0 Å². The van der Waals surface area contributed by atoms with Crippen molar-refractivity contribution < 1.29 is 9.90 Å². The van der Waals surface area contributed by atoms with Crippen molar-refractivity contribution in [2.24, 2.45) is 5.41 Å². The Bertz CT molecular complexity index is 323. The molecule has 1 N–H and O–H groups in total. The molecule has 1 rings (SSSR count). The Balaban J connectivity index is 3.12. The van der Waals surface area contributed by atoms with Crippen LogP contribution in [0.15, 0.2) is 24.3 Å². The van der Waals surface area contributed by atoms with Crippen LogP contribution in [0, 0.1) is 5.41 Å². The molecule has 0 heterocycles. The number of carbonyl (C=O) groups excluding carboxylic acids is 1. The second-order valence-corrected chi connectivity index (χ2v) is 4.52. The van der Waals surface area contributed by atoms with Crippen molar-refractivity contribution in [2.75, 3.05) is 0 Å². The molecule has 0 aliphatic carbocycles. The van der Waals surface area contributed by atoms with Gasteiger partial charge < -0.3 is 5.11 Å². The van der Waals surface area contributed by atoms with Gasteiger partial charge in [-0.3, -0.25) is 4.79 Å². The van der Waals surface area contributed by atoms with Crippen LogP contribution in [0.4, 0.5) is 0 Å². The van der Waals surface area contributed by atoms with Gasteiger partial charge in [-0.15, -0.1) is 0 Å². The summed E-state index contributed by atoms with van der Waals surface area (Å²) in [6.07, 6.45) is 0.175. The van der Waals surface area contributed by atoms with Crippen LogP contribution in [0.3, 0.4) is 0 Å². The molecule has 0 spiro atoms. The molecular formula is C12H16O2. The van der Waals surface area contributed by atoms with Crippen LogP contribution >= 0.6 is 0 Å². The fraction of sp³-hybridized carbons (Fsp3) is 0.417. The monoisotopic (exact) mass is 192 g/mol. The van der Waals surface area contributed by atoms with Crippen molar-refractivity contribution in [3.8, 4) is 0 Å².